The highest BCUT2D eigenvalue weighted by Gasteiger charge is 2.17. The van der Waals surface area contributed by atoms with Crippen molar-refractivity contribution < 1.29 is 10.2 Å². The van der Waals surface area contributed by atoms with Gasteiger partial charge in [-0.25, -0.2) is 0 Å². The van der Waals surface area contributed by atoms with Crippen LogP contribution in [-0.4, -0.2) is 48.0 Å². The summed E-state index contributed by atoms with van der Waals surface area (Å²) in [4.78, 5) is 1.96. The topological polar surface area (TPSA) is 67.5 Å². The lowest BCUT2D eigenvalue weighted by molar-refractivity contribution is 0.151. The van der Waals surface area contributed by atoms with Crippen molar-refractivity contribution in [3.05, 3.63) is 0 Å². The summed E-state index contributed by atoms with van der Waals surface area (Å²) in [5, 5.41) is 26.3. The van der Waals surface area contributed by atoms with Crippen molar-refractivity contribution in [1.82, 2.24) is 4.90 Å². The van der Waals surface area contributed by atoms with Gasteiger partial charge in [-0.3, -0.25) is 4.90 Å². The SMILES string of the molecule is CC(C)(C#N)CCN(CCO)CCO. The third-order valence-electron chi connectivity index (χ3n) is 2.19. The molecule has 0 aliphatic carbocycles. The predicted molar refractivity (Wildman–Crippen MR) is 54.6 cm³/mol. The van der Waals surface area contributed by atoms with Crippen molar-refractivity contribution in [1.29, 1.82) is 5.26 Å². The first kappa shape index (κ1) is 13.4. The number of nitrogens with zero attached hydrogens (tertiary/aromatic N) is 2. The molecule has 0 radical (unpaired) electrons. The highest BCUT2D eigenvalue weighted by atomic mass is 16.3. The summed E-state index contributed by atoms with van der Waals surface area (Å²) in [7, 11) is 0. The number of hydrogen-bond donors (Lipinski definition) is 2. The van der Waals surface area contributed by atoms with E-state index in [1.165, 1.54) is 0 Å². The van der Waals surface area contributed by atoms with Crippen molar-refractivity contribution in [2.75, 3.05) is 32.8 Å². The molecule has 0 saturated carbocycles. The Morgan fingerprint density at radius 2 is 1.64 bits per heavy atom. The van der Waals surface area contributed by atoms with E-state index in [4.69, 9.17) is 15.5 Å². The second-order valence-corrected chi connectivity index (χ2v) is 4.03. The van der Waals surface area contributed by atoms with Gasteiger partial charge in [-0.05, 0) is 26.8 Å². The van der Waals surface area contributed by atoms with Crippen LogP contribution in [0.2, 0.25) is 0 Å². The molecule has 82 valence electrons. The average molecular weight is 200 g/mol. The molecule has 0 aliphatic heterocycles. The van der Waals surface area contributed by atoms with Crippen LogP contribution in [0.4, 0.5) is 0 Å². The largest absolute Gasteiger partial charge is 0.395 e. The van der Waals surface area contributed by atoms with Crippen LogP contribution in [0.1, 0.15) is 20.3 Å². The molecule has 0 bridgehead atoms. The summed E-state index contributed by atoms with van der Waals surface area (Å²) >= 11 is 0. The van der Waals surface area contributed by atoms with E-state index in [1.807, 2.05) is 18.7 Å². The summed E-state index contributed by atoms with van der Waals surface area (Å²) in [5.41, 5.74) is -0.330. The summed E-state index contributed by atoms with van der Waals surface area (Å²) < 4.78 is 0. The predicted octanol–water partition coefficient (Wildman–Crippen LogP) is 0.213. The third kappa shape index (κ3) is 5.92. The first-order valence-electron chi connectivity index (χ1n) is 4.91. The number of nitriles is 1. The highest BCUT2D eigenvalue weighted by molar-refractivity contribution is 4.92. The third-order valence-corrected chi connectivity index (χ3v) is 2.19. The normalized spacial score (nSPS) is 11.7. The second-order valence-electron chi connectivity index (χ2n) is 4.03. The lowest BCUT2D eigenvalue weighted by Crippen LogP contribution is -2.32. The summed E-state index contributed by atoms with van der Waals surface area (Å²) in [6.07, 6.45) is 0.753. The van der Waals surface area contributed by atoms with Crippen LogP contribution in [0.3, 0.4) is 0 Å². The molecule has 0 saturated heterocycles. The number of hydrogen-bond acceptors (Lipinski definition) is 4. The van der Waals surface area contributed by atoms with Gasteiger partial charge in [-0.2, -0.15) is 5.26 Å². The van der Waals surface area contributed by atoms with Gasteiger partial charge in [-0.15, -0.1) is 0 Å². The Morgan fingerprint density at radius 3 is 2.00 bits per heavy atom. The number of aliphatic hydroxyl groups excluding tert-OH is 2. The molecule has 0 heterocycles. The molecule has 0 aliphatic rings. The van der Waals surface area contributed by atoms with E-state index in [-0.39, 0.29) is 18.6 Å². The zero-order valence-electron chi connectivity index (χ0n) is 9.03. The maximum atomic E-state index is 8.80. The molecule has 0 aromatic carbocycles. The Labute approximate surface area is 85.8 Å². The first-order valence-corrected chi connectivity index (χ1v) is 4.91. The molecule has 14 heavy (non-hydrogen) atoms. The van der Waals surface area contributed by atoms with Gasteiger partial charge in [0.15, 0.2) is 0 Å². The van der Waals surface area contributed by atoms with E-state index >= 15 is 0 Å². The zero-order chi connectivity index (χ0) is 11.0. The van der Waals surface area contributed by atoms with E-state index in [0.29, 0.717) is 13.1 Å². The van der Waals surface area contributed by atoms with E-state index in [1.54, 1.807) is 0 Å². The Morgan fingerprint density at radius 1 is 1.14 bits per heavy atom. The van der Waals surface area contributed by atoms with E-state index in [2.05, 4.69) is 6.07 Å². The van der Waals surface area contributed by atoms with Gasteiger partial charge >= 0.3 is 0 Å². The zero-order valence-corrected chi connectivity index (χ0v) is 9.03. The molecule has 0 aromatic heterocycles. The van der Waals surface area contributed by atoms with E-state index < -0.39 is 0 Å². The Kier molecular flexibility index (Phi) is 6.46. The van der Waals surface area contributed by atoms with E-state index in [0.717, 1.165) is 13.0 Å². The van der Waals surface area contributed by atoms with Gasteiger partial charge in [0, 0.05) is 13.1 Å². The molecule has 0 unspecified atom stereocenters. The van der Waals surface area contributed by atoms with E-state index in [9.17, 15) is 0 Å². The van der Waals surface area contributed by atoms with Crippen molar-refractivity contribution >= 4 is 0 Å². The van der Waals surface area contributed by atoms with Gasteiger partial charge in [0.25, 0.3) is 0 Å². The lowest BCUT2D eigenvalue weighted by Gasteiger charge is -2.23. The monoisotopic (exact) mass is 200 g/mol. The smallest absolute Gasteiger partial charge is 0.0684 e. The highest BCUT2D eigenvalue weighted by Crippen LogP contribution is 2.18. The van der Waals surface area contributed by atoms with Crippen LogP contribution in [0, 0.1) is 16.7 Å². The van der Waals surface area contributed by atoms with Gasteiger partial charge in [-0.1, -0.05) is 0 Å². The standard InChI is InChI=1S/C10H20N2O2/c1-10(2,9-11)3-4-12(5-7-13)6-8-14/h13-14H,3-8H2,1-2H3. The molecule has 2 N–H and O–H groups in total. The minimum atomic E-state index is -0.330. The van der Waals surface area contributed by atoms with Gasteiger partial charge in [0.1, 0.15) is 0 Å². The Hall–Kier alpha value is -0.630. The molecular formula is C10H20N2O2. The fourth-order valence-electron chi connectivity index (χ4n) is 1.11. The fourth-order valence-corrected chi connectivity index (χ4v) is 1.11. The van der Waals surface area contributed by atoms with Crippen LogP contribution in [-0.2, 0) is 0 Å². The first-order chi connectivity index (χ1) is 6.55. The van der Waals surface area contributed by atoms with Crippen LogP contribution in [0.25, 0.3) is 0 Å². The van der Waals surface area contributed by atoms with Crippen molar-refractivity contribution in [2.24, 2.45) is 5.41 Å². The van der Waals surface area contributed by atoms with Gasteiger partial charge < -0.3 is 10.2 Å². The molecule has 4 nitrogen and oxygen atoms in total. The molecule has 0 rings (SSSR count). The molecular weight excluding hydrogens is 180 g/mol. The Balaban J connectivity index is 3.87. The minimum Gasteiger partial charge on any atom is -0.395 e. The number of rotatable bonds is 7. The quantitative estimate of drug-likeness (QED) is 0.616. The van der Waals surface area contributed by atoms with Crippen LogP contribution < -0.4 is 0 Å². The summed E-state index contributed by atoms with van der Waals surface area (Å²) in [5.74, 6) is 0. The average Bonchev–Trinajstić information content (AvgIpc) is 2.15. The summed E-state index contributed by atoms with van der Waals surface area (Å²) in [6, 6.07) is 2.23. The molecule has 4 heteroatoms. The van der Waals surface area contributed by atoms with Crippen LogP contribution in [0.5, 0.6) is 0 Å². The van der Waals surface area contributed by atoms with Crippen molar-refractivity contribution in [3.8, 4) is 6.07 Å². The molecule has 0 spiro atoms. The number of aliphatic hydroxyl groups is 2. The minimum absolute atomic E-state index is 0.0903. The molecule has 0 fully saturated rings. The van der Waals surface area contributed by atoms with Crippen molar-refractivity contribution in [3.63, 3.8) is 0 Å². The lowest BCUT2D eigenvalue weighted by atomic mass is 9.91. The molecule has 0 atom stereocenters. The summed E-state index contributed by atoms with van der Waals surface area (Å²) in [6.45, 7) is 5.82. The fraction of sp³-hybridized carbons (Fsp3) is 0.900. The maximum Gasteiger partial charge on any atom is 0.0684 e. The van der Waals surface area contributed by atoms with Gasteiger partial charge in [0.05, 0.1) is 24.7 Å². The van der Waals surface area contributed by atoms with Crippen molar-refractivity contribution in [2.45, 2.75) is 20.3 Å². The van der Waals surface area contributed by atoms with Gasteiger partial charge in [0.2, 0.25) is 0 Å². The molecule has 0 amide bonds. The van der Waals surface area contributed by atoms with Crippen LogP contribution >= 0.6 is 0 Å². The maximum absolute atomic E-state index is 8.80. The van der Waals surface area contributed by atoms with Crippen LogP contribution in [0.15, 0.2) is 0 Å². The molecule has 0 aromatic rings. The second kappa shape index (κ2) is 6.77. The Bertz CT molecular complexity index is 181.